The van der Waals surface area contributed by atoms with Crippen LogP contribution in [0.1, 0.15) is 35.6 Å². The molecule has 1 aliphatic carbocycles. The van der Waals surface area contributed by atoms with E-state index in [2.05, 4.69) is 41.7 Å². The van der Waals surface area contributed by atoms with E-state index >= 15 is 0 Å². The van der Waals surface area contributed by atoms with E-state index in [0.29, 0.717) is 19.0 Å². The molecule has 0 fully saturated rings. The smallest absolute Gasteiger partial charge is 0.0818 e. The highest BCUT2D eigenvalue weighted by atomic mass is 35.5. The quantitative estimate of drug-likeness (QED) is 0.716. The second-order valence-corrected chi connectivity index (χ2v) is 6.47. The number of halogens is 2. The molecule has 0 amide bonds. The number of aliphatic hydroxyl groups excluding tert-OH is 1. The van der Waals surface area contributed by atoms with Crippen LogP contribution in [0.5, 0.6) is 0 Å². The molecule has 3 rings (SSSR count). The predicted molar refractivity (Wildman–Crippen MR) is 109 cm³/mol. The lowest BCUT2D eigenvalue weighted by Gasteiger charge is -2.28. The van der Waals surface area contributed by atoms with Crippen LogP contribution in [0.15, 0.2) is 54.6 Å². The van der Waals surface area contributed by atoms with Gasteiger partial charge in [0.2, 0.25) is 0 Å². The number of benzene rings is 2. The molecule has 2 aromatic carbocycles. The number of hydrogen-bond donors (Lipinski definition) is 3. The van der Waals surface area contributed by atoms with Crippen LogP contribution < -0.4 is 11.1 Å². The first-order valence-electron chi connectivity index (χ1n) is 8.53. The van der Waals surface area contributed by atoms with Gasteiger partial charge in [-0.1, -0.05) is 54.6 Å². The predicted octanol–water partition coefficient (Wildman–Crippen LogP) is 3.43. The number of aliphatic hydroxyl groups is 1. The second-order valence-electron chi connectivity index (χ2n) is 6.47. The highest BCUT2D eigenvalue weighted by Gasteiger charge is 2.22. The SMILES string of the molecule is Cl.Cl.N[C@@H](Cc1ccccc1)[C@H](O)CNC1CCCc2ccccc21. The average molecular weight is 383 g/mol. The van der Waals surface area contributed by atoms with Crippen molar-refractivity contribution in [3.05, 3.63) is 71.3 Å². The van der Waals surface area contributed by atoms with Crippen LogP contribution in [0.4, 0.5) is 0 Å². The third kappa shape index (κ3) is 5.98. The van der Waals surface area contributed by atoms with Crippen molar-refractivity contribution in [3.63, 3.8) is 0 Å². The number of nitrogens with one attached hydrogen (secondary N) is 1. The minimum absolute atomic E-state index is 0. The summed E-state index contributed by atoms with van der Waals surface area (Å²) < 4.78 is 0. The molecule has 1 unspecified atom stereocenters. The van der Waals surface area contributed by atoms with Gasteiger partial charge in [0.05, 0.1) is 6.10 Å². The Hall–Kier alpha value is -1.10. The fraction of sp³-hybridized carbons (Fsp3) is 0.400. The van der Waals surface area contributed by atoms with Gasteiger partial charge in [-0.15, -0.1) is 24.8 Å². The van der Waals surface area contributed by atoms with E-state index in [1.807, 2.05) is 18.2 Å². The van der Waals surface area contributed by atoms with Crippen molar-refractivity contribution >= 4 is 24.8 Å². The maximum absolute atomic E-state index is 10.4. The van der Waals surface area contributed by atoms with Crippen molar-refractivity contribution < 1.29 is 5.11 Å². The summed E-state index contributed by atoms with van der Waals surface area (Å²) in [4.78, 5) is 0. The summed E-state index contributed by atoms with van der Waals surface area (Å²) in [6, 6.07) is 18.8. The fourth-order valence-electron chi connectivity index (χ4n) is 3.40. The summed E-state index contributed by atoms with van der Waals surface area (Å²) in [6.07, 6.45) is 3.64. The Labute approximate surface area is 162 Å². The van der Waals surface area contributed by atoms with E-state index in [0.717, 1.165) is 12.8 Å². The lowest BCUT2D eigenvalue weighted by Crippen LogP contribution is -2.44. The molecule has 3 atom stereocenters. The number of fused-ring (bicyclic) bond motifs is 1. The molecule has 0 aliphatic heterocycles. The minimum atomic E-state index is -0.538. The average Bonchev–Trinajstić information content (AvgIpc) is 2.60. The van der Waals surface area contributed by atoms with Crippen LogP contribution in [0.25, 0.3) is 0 Å². The number of hydrogen-bond acceptors (Lipinski definition) is 3. The molecule has 0 spiro atoms. The highest BCUT2D eigenvalue weighted by molar-refractivity contribution is 5.85. The van der Waals surface area contributed by atoms with Gasteiger partial charge in [-0.2, -0.15) is 0 Å². The Balaban J connectivity index is 0.00000156. The normalized spacial score (nSPS) is 18.2. The van der Waals surface area contributed by atoms with Crippen LogP contribution in [-0.2, 0) is 12.8 Å². The molecule has 2 aromatic rings. The van der Waals surface area contributed by atoms with Crippen LogP contribution in [-0.4, -0.2) is 23.8 Å². The molecule has 0 bridgehead atoms. The minimum Gasteiger partial charge on any atom is -0.390 e. The summed E-state index contributed by atoms with van der Waals surface area (Å²) >= 11 is 0. The zero-order valence-corrected chi connectivity index (χ0v) is 15.9. The van der Waals surface area contributed by atoms with Gasteiger partial charge in [-0.05, 0) is 42.4 Å². The lowest BCUT2D eigenvalue weighted by atomic mass is 9.87. The summed E-state index contributed by atoms with van der Waals surface area (Å²) in [5.41, 5.74) is 10.1. The molecule has 0 radical (unpaired) electrons. The van der Waals surface area contributed by atoms with Gasteiger partial charge >= 0.3 is 0 Å². The maximum atomic E-state index is 10.4. The summed E-state index contributed by atoms with van der Waals surface area (Å²) in [7, 11) is 0. The van der Waals surface area contributed by atoms with Gasteiger partial charge in [-0.3, -0.25) is 0 Å². The van der Waals surface area contributed by atoms with Crippen LogP contribution >= 0.6 is 24.8 Å². The standard InChI is InChI=1S/C20H26N2O.2ClH/c21-18(13-15-7-2-1-3-8-15)20(23)14-22-19-12-6-10-16-9-4-5-11-17(16)19;;/h1-5,7-9,11,18-20,22-23H,6,10,12-14,21H2;2*1H/t18-,19?,20+;;/m0../s1. The largest absolute Gasteiger partial charge is 0.390 e. The van der Waals surface area contributed by atoms with Crippen molar-refractivity contribution in [3.8, 4) is 0 Å². The van der Waals surface area contributed by atoms with Crippen molar-refractivity contribution in [2.24, 2.45) is 5.73 Å². The molecule has 0 saturated heterocycles. The fourth-order valence-corrected chi connectivity index (χ4v) is 3.40. The van der Waals surface area contributed by atoms with Gasteiger partial charge in [0, 0.05) is 18.6 Å². The monoisotopic (exact) mass is 382 g/mol. The van der Waals surface area contributed by atoms with E-state index in [9.17, 15) is 5.11 Å². The second kappa shape index (κ2) is 10.8. The van der Waals surface area contributed by atoms with Crippen molar-refractivity contribution in [2.75, 3.05) is 6.54 Å². The summed E-state index contributed by atoms with van der Waals surface area (Å²) in [5, 5.41) is 13.9. The molecule has 25 heavy (non-hydrogen) atoms. The third-order valence-electron chi connectivity index (χ3n) is 4.75. The van der Waals surface area contributed by atoms with E-state index in [1.165, 1.54) is 23.1 Å². The molecular weight excluding hydrogens is 355 g/mol. The number of aryl methyl sites for hydroxylation is 1. The Bertz CT molecular complexity index is 624. The molecule has 0 aromatic heterocycles. The first-order chi connectivity index (χ1) is 11.2. The Morgan fingerprint density at radius 1 is 1.04 bits per heavy atom. The maximum Gasteiger partial charge on any atom is 0.0818 e. The topological polar surface area (TPSA) is 58.3 Å². The Morgan fingerprint density at radius 3 is 2.48 bits per heavy atom. The molecule has 4 N–H and O–H groups in total. The number of rotatable bonds is 6. The van der Waals surface area contributed by atoms with E-state index in [1.54, 1.807) is 0 Å². The lowest BCUT2D eigenvalue weighted by molar-refractivity contribution is 0.136. The molecule has 0 heterocycles. The Kier molecular flexibility index (Phi) is 9.47. The van der Waals surface area contributed by atoms with Crippen molar-refractivity contribution in [1.29, 1.82) is 0 Å². The van der Waals surface area contributed by atoms with E-state index in [4.69, 9.17) is 5.73 Å². The highest BCUT2D eigenvalue weighted by Crippen LogP contribution is 2.29. The molecule has 5 heteroatoms. The van der Waals surface area contributed by atoms with Crippen molar-refractivity contribution in [1.82, 2.24) is 5.32 Å². The van der Waals surface area contributed by atoms with Gasteiger partial charge in [0.25, 0.3) is 0 Å². The molecule has 1 aliphatic rings. The van der Waals surface area contributed by atoms with Gasteiger partial charge in [0.15, 0.2) is 0 Å². The van der Waals surface area contributed by atoms with Gasteiger partial charge < -0.3 is 16.2 Å². The first-order valence-corrected chi connectivity index (χ1v) is 8.53. The van der Waals surface area contributed by atoms with Crippen molar-refractivity contribution in [2.45, 2.75) is 43.9 Å². The summed E-state index contributed by atoms with van der Waals surface area (Å²) in [5.74, 6) is 0. The molecule has 0 saturated carbocycles. The third-order valence-corrected chi connectivity index (χ3v) is 4.75. The van der Waals surface area contributed by atoms with Crippen LogP contribution in [0.3, 0.4) is 0 Å². The van der Waals surface area contributed by atoms with Crippen LogP contribution in [0, 0.1) is 0 Å². The van der Waals surface area contributed by atoms with Crippen LogP contribution in [0.2, 0.25) is 0 Å². The number of nitrogens with two attached hydrogens (primary N) is 1. The van der Waals surface area contributed by atoms with Gasteiger partial charge in [-0.25, -0.2) is 0 Å². The zero-order valence-electron chi connectivity index (χ0n) is 14.3. The molecule has 138 valence electrons. The van der Waals surface area contributed by atoms with E-state index < -0.39 is 6.10 Å². The van der Waals surface area contributed by atoms with E-state index in [-0.39, 0.29) is 30.9 Å². The molecule has 3 nitrogen and oxygen atoms in total. The zero-order chi connectivity index (χ0) is 16.1. The first kappa shape index (κ1) is 21.9. The molecular formula is C20H28Cl2N2O. The van der Waals surface area contributed by atoms with Gasteiger partial charge in [0.1, 0.15) is 0 Å². The Morgan fingerprint density at radius 2 is 1.72 bits per heavy atom. The summed E-state index contributed by atoms with van der Waals surface area (Å²) in [6.45, 7) is 0.535.